The minimum atomic E-state index is -4.41. The molecule has 7 heteroatoms. The third kappa shape index (κ3) is 3.89. The second-order valence-corrected chi connectivity index (χ2v) is 6.64. The van der Waals surface area contributed by atoms with Crippen LogP contribution in [0.1, 0.15) is 27.8 Å². The SMILES string of the molecule is Cc1ccc2c(c1)C(c1ccc(C(F)(F)F)cc1)=NNC(c1ccc(F)cc1)=N2. The zero-order chi connectivity index (χ0) is 20.6. The number of fused-ring (bicyclic) bond motifs is 1. The van der Waals surface area contributed by atoms with E-state index in [0.29, 0.717) is 33.9 Å². The van der Waals surface area contributed by atoms with Crippen molar-refractivity contribution in [2.75, 3.05) is 0 Å². The highest BCUT2D eigenvalue weighted by molar-refractivity contribution is 6.18. The van der Waals surface area contributed by atoms with E-state index in [9.17, 15) is 17.6 Å². The molecule has 1 aliphatic heterocycles. The second-order valence-electron chi connectivity index (χ2n) is 6.64. The Labute approximate surface area is 164 Å². The highest BCUT2D eigenvalue weighted by Gasteiger charge is 2.30. The van der Waals surface area contributed by atoms with E-state index in [0.717, 1.165) is 17.7 Å². The third-order valence-electron chi connectivity index (χ3n) is 4.52. The van der Waals surface area contributed by atoms with Gasteiger partial charge in [0.15, 0.2) is 5.84 Å². The number of rotatable bonds is 2. The van der Waals surface area contributed by atoms with Gasteiger partial charge in [0.05, 0.1) is 17.0 Å². The number of hydrogen-bond donors (Lipinski definition) is 1. The number of alkyl halides is 3. The van der Waals surface area contributed by atoms with E-state index in [1.165, 1.54) is 24.3 Å². The van der Waals surface area contributed by atoms with Crippen molar-refractivity contribution in [2.24, 2.45) is 10.1 Å². The molecule has 3 nitrogen and oxygen atoms in total. The second kappa shape index (κ2) is 7.16. The molecule has 0 saturated carbocycles. The smallest absolute Gasteiger partial charge is 0.260 e. The summed E-state index contributed by atoms with van der Waals surface area (Å²) in [6, 6.07) is 16.2. The summed E-state index contributed by atoms with van der Waals surface area (Å²) in [4.78, 5) is 4.60. The number of hydrazone groups is 1. The van der Waals surface area contributed by atoms with Gasteiger partial charge in [-0.15, -0.1) is 0 Å². The Morgan fingerprint density at radius 3 is 2.14 bits per heavy atom. The largest absolute Gasteiger partial charge is 0.416 e. The van der Waals surface area contributed by atoms with E-state index in [-0.39, 0.29) is 5.82 Å². The van der Waals surface area contributed by atoms with Crippen LogP contribution in [-0.2, 0) is 6.18 Å². The van der Waals surface area contributed by atoms with Crippen molar-refractivity contribution in [3.05, 3.63) is 100 Å². The molecule has 4 rings (SSSR count). The number of halogens is 4. The Morgan fingerprint density at radius 2 is 1.48 bits per heavy atom. The molecule has 1 N–H and O–H groups in total. The van der Waals surface area contributed by atoms with Crippen LogP contribution in [0.25, 0.3) is 0 Å². The number of amidine groups is 1. The molecule has 0 aliphatic carbocycles. The van der Waals surface area contributed by atoms with Crippen LogP contribution in [-0.4, -0.2) is 11.5 Å². The summed E-state index contributed by atoms with van der Waals surface area (Å²) in [5.41, 5.74) is 6.03. The van der Waals surface area contributed by atoms with Gasteiger partial charge in [0.2, 0.25) is 0 Å². The average molecular weight is 397 g/mol. The molecule has 0 unspecified atom stereocenters. The van der Waals surface area contributed by atoms with E-state index < -0.39 is 11.7 Å². The van der Waals surface area contributed by atoms with Gasteiger partial charge in [-0.05, 0) is 55.5 Å². The predicted molar refractivity (Wildman–Crippen MR) is 104 cm³/mol. The molecule has 0 saturated heterocycles. The van der Waals surface area contributed by atoms with Crippen LogP contribution in [0.2, 0.25) is 0 Å². The summed E-state index contributed by atoms with van der Waals surface area (Å²) in [6.45, 7) is 1.91. The number of aliphatic imine (C=N–C) groups is 1. The number of benzene rings is 3. The zero-order valence-corrected chi connectivity index (χ0v) is 15.3. The maximum Gasteiger partial charge on any atom is 0.416 e. The lowest BCUT2D eigenvalue weighted by atomic mass is 9.98. The van der Waals surface area contributed by atoms with Crippen molar-refractivity contribution >= 4 is 17.2 Å². The molecular weight excluding hydrogens is 382 g/mol. The first-order valence-electron chi connectivity index (χ1n) is 8.78. The molecule has 1 heterocycles. The van der Waals surface area contributed by atoms with Gasteiger partial charge in [-0.25, -0.2) is 9.38 Å². The Morgan fingerprint density at radius 1 is 0.828 bits per heavy atom. The maximum atomic E-state index is 13.2. The summed E-state index contributed by atoms with van der Waals surface area (Å²) in [6.07, 6.45) is -4.41. The number of nitrogens with one attached hydrogen (secondary N) is 1. The summed E-state index contributed by atoms with van der Waals surface area (Å²) in [5.74, 6) is 0.0463. The van der Waals surface area contributed by atoms with E-state index in [1.807, 2.05) is 25.1 Å². The summed E-state index contributed by atoms with van der Waals surface area (Å²) in [5, 5.41) is 4.41. The number of nitrogens with zero attached hydrogens (tertiary/aromatic N) is 2. The Kier molecular flexibility index (Phi) is 4.66. The molecule has 0 spiro atoms. The quantitative estimate of drug-likeness (QED) is 0.563. The molecule has 3 aromatic rings. The van der Waals surface area contributed by atoms with Gasteiger partial charge >= 0.3 is 6.18 Å². The normalized spacial score (nSPS) is 13.7. The Balaban J connectivity index is 1.80. The first-order valence-corrected chi connectivity index (χ1v) is 8.78. The van der Waals surface area contributed by atoms with E-state index in [2.05, 4.69) is 15.5 Å². The molecular formula is C22H15F4N3. The van der Waals surface area contributed by atoms with Crippen LogP contribution in [0.4, 0.5) is 23.2 Å². The van der Waals surface area contributed by atoms with Crippen LogP contribution in [0.15, 0.2) is 76.8 Å². The van der Waals surface area contributed by atoms with E-state index >= 15 is 0 Å². The van der Waals surface area contributed by atoms with Gasteiger partial charge < -0.3 is 0 Å². The summed E-state index contributed by atoms with van der Waals surface area (Å²) >= 11 is 0. The van der Waals surface area contributed by atoms with Crippen LogP contribution in [0, 0.1) is 12.7 Å². The van der Waals surface area contributed by atoms with Gasteiger partial charge in [-0.1, -0.05) is 23.8 Å². The van der Waals surface area contributed by atoms with Crippen molar-refractivity contribution in [3.63, 3.8) is 0 Å². The molecule has 0 atom stereocenters. The average Bonchev–Trinajstić information content (AvgIpc) is 2.87. The topological polar surface area (TPSA) is 36.8 Å². The Bertz CT molecular complexity index is 1110. The molecule has 0 radical (unpaired) electrons. The molecule has 0 amide bonds. The molecule has 29 heavy (non-hydrogen) atoms. The molecule has 0 aromatic heterocycles. The Hall–Kier alpha value is -3.48. The van der Waals surface area contributed by atoms with Gasteiger partial charge in [-0.3, -0.25) is 5.43 Å². The third-order valence-corrected chi connectivity index (χ3v) is 4.52. The highest BCUT2D eigenvalue weighted by Crippen LogP contribution is 2.31. The summed E-state index contributed by atoms with van der Waals surface area (Å²) < 4.78 is 51.9. The fourth-order valence-electron chi connectivity index (χ4n) is 3.03. The molecule has 0 bridgehead atoms. The molecule has 3 aromatic carbocycles. The van der Waals surface area contributed by atoms with Crippen LogP contribution >= 0.6 is 0 Å². The first-order chi connectivity index (χ1) is 13.8. The minimum absolute atomic E-state index is 0.368. The molecule has 1 aliphatic rings. The van der Waals surface area contributed by atoms with Crippen molar-refractivity contribution in [1.82, 2.24) is 5.43 Å². The zero-order valence-electron chi connectivity index (χ0n) is 15.3. The first kappa shape index (κ1) is 18.9. The predicted octanol–water partition coefficient (Wildman–Crippen LogP) is 5.59. The van der Waals surface area contributed by atoms with Crippen molar-refractivity contribution < 1.29 is 17.6 Å². The van der Waals surface area contributed by atoms with Crippen LogP contribution in [0.3, 0.4) is 0 Å². The molecule has 146 valence electrons. The van der Waals surface area contributed by atoms with Gasteiger partial charge in [0.25, 0.3) is 0 Å². The lowest BCUT2D eigenvalue weighted by Crippen LogP contribution is -2.19. The van der Waals surface area contributed by atoms with E-state index in [4.69, 9.17) is 0 Å². The number of aryl methyl sites for hydroxylation is 1. The van der Waals surface area contributed by atoms with Crippen LogP contribution < -0.4 is 5.43 Å². The highest BCUT2D eigenvalue weighted by atomic mass is 19.4. The molecule has 0 fully saturated rings. The van der Waals surface area contributed by atoms with Gasteiger partial charge in [0.1, 0.15) is 5.82 Å². The van der Waals surface area contributed by atoms with Crippen molar-refractivity contribution in [3.8, 4) is 0 Å². The lowest BCUT2D eigenvalue weighted by Gasteiger charge is -2.11. The number of hydrogen-bond acceptors (Lipinski definition) is 3. The maximum absolute atomic E-state index is 13.2. The standard InChI is InChI=1S/C22H15F4N3/c1-13-2-11-19-18(12-13)20(14-3-7-16(8-4-14)22(24,25)26)28-29-21(27-19)15-5-9-17(23)10-6-15/h2-12H,1H3,(H,27,29). The van der Waals surface area contributed by atoms with Gasteiger partial charge in [0, 0.05) is 16.7 Å². The van der Waals surface area contributed by atoms with E-state index in [1.54, 1.807) is 12.1 Å². The fourth-order valence-corrected chi connectivity index (χ4v) is 3.03. The fraction of sp³-hybridized carbons (Fsp3) is 0.0909. The summed E-state index contributed by atoms with van der Waals surface area (Å²) in [7, 11) is 0. The van der Waals surface area contributed by atoms with Crippen molar-refractivity contribution in [1.29, 1.82) is 0 Å². The lowest BCUT2D eigenvalue weighted by molar-refractivity contribution is -0.137. The minimum Gasteiger partial charge on any atom is -0.260 e. The monoisotopic (exact) mass is 397 g/mol. The van der Waals surface area contributed by atoms with Crippen LogP contribution in [0.5, 0.6) is 0 Å². The van der Waals surface area contributed by atoms with Gasteiger partial charge in [-0.2, -0.15) is 18.3 Å². The van der Waals surface area contributed by atoms with Crippen molar-refractivity contribution in [2.45, 2.75) is 13.1 Å².